The molecule has 184 valence electrons. The van der Waals surface area contributed by atoms with Crippen LogP contribution in [0.5, 0.6) is 0 Å². The molecule has 0 aliphatic rings. The van der Waals surface area contributed by atoms with Crippen LogP contribution in [0.25, 0.3) is 0 Å². The van der Waals surface area contributed by atoms with E-state index in [1.807, 2.05) is 0 Å². The molecule has 0 N–H and O–H groups in total. The van der Waals surface area contributed by atoms with Crippen molar-refractivity contribution in [1.29, 1.82) is 0 Å². The van der Waals surface area contributed by atoms with Gasteiger partial charge in [0.15, 0.2) is 0 Å². The van der Waals surface area contributed by atoms with Gasteiger partial charge in [-0.25, -0.2) is 4.79 Å². The Bertz CT molecular complexity index is 648. The molecule has 0 spiro atoms. The van der Waals surface area contributed by atoms with Crippen LogP contribution in [-0.2, 0) is 9.53 Å². The molecule has 0 heterocycles. The molecular formula is C15H14F14O2. The standard InChI is InChI=1S/C15H14F14O2/c1-6(2)8(30)31-5-7(3)4-10(16,17)14(26,27)15(28,29)11(18,19)9(12(20,21)22)13(23,24)25/h7,9H,1,4-5H2,2-3H3. The highest BCUT2D eigenvalue weighted by Gasteiger charge is 2.87. The molecule has 0 bridgehead atoms. The molecule has 0 aliphatic carbocycles. The van der Waals surface area contributed by atoms with Gasteiger partial charge in [-0.15, -0.1) is 0 Å². The highest BCUT2D eigenvalue weighted by Crippen LogP contribution is 2.60. The molecular weight excluding hydrogens is 478 g/mol. The van der Waals surface area contributed by atoms with Crippen molar-refractivity contribution >= 4 is 5.97 Å². The molecule has 31 heavy (non-hydrogen) atoms. The van der Waals surface area contributed by atoms with Crippen molar-refractivity contribution in [3.8, 4) is 0 Å². The van der Waals surface area contributed by atoms with Crippen LogP contribution in [0.2, 0.25) is 0 Å². The highest BCUT2D eigenvalue weighted by molar-refractivity contribution is 5.86. The summed E-state index contributed by atoms with van der Waals surface area (Å²) in [5, 5.41) is 0. The summed E-state index contributed by atoms with van der Waals surface area (Å²) in [4.78, 5) is 11.1. The predicted octanol–water partition coefficient (Wildman–Crippen LogP) is 6.41. The van der Waals surface area contributed by atoms with Gasteiger partial charge in [-0.05, 0) is 12.8 Å². The predicted molar refractivity (Wildman–Crippen MR) is 74.9 cm³/mol. The van der Waals surface area contributed by atoms with E-state index in [1.54, 1.807) is 0 Å². The van der Waals surface area contributed by atoms with E-state index in [4.69, 9.17) is 0 Å². The number of rotatable bonds is 9. The summed E-state index contributed by atoms with van der Waals surface area (Å²) < 4.78 is 187. The van der Waals surface area contributed by atoms with Crippen LogP contribution >= 0.6 is 0 Å². The number of esters is 1. The quantitative estimate of drug-likeness (QED) is 0.211. The van der Waals surface area contributed by atoms with E-state index in [9.17, 15) is 66.3 Å². The molecule has 0 radical (unpaired) electrons. The van der Waals surface area contributed by atoms with Gasteiger partial charge in [0, 0.05) is 12.0 Å². The van der Waals surface area contributed by atoms with Crippen LogP contribution in [-0.4, -0.2) is 48.6 Å². The summed E-state index contributed by atoms with van der Waals surface area (Å²) in [5.41, 5.74) is -0.305. The number of hydrogen-bond acceptors (Lipinski definition) is 2. The smallest absolute Gasteiger partial charge is 0.406 e. The summed E-state index contributed by atoms with van der Waals surface area (Å²) >= 11 is 0. The minimum Gasteiger partial charge on any atom is -0.462 e. The van der Waals surface area contributed by atoms with Gasteiger partial charge in [-0.1, -0.05) is 13.5 Å². The molecule has 0 rings (SSSR count). The summed E-state index contributed by atoms with van der Waals surface area (Å²) in [7, 11) is 0. The summed E-state index contributed by atoms with van der Waals surface area (Å²) in [6.45, 7) is 3.54. The van der Waals surface area contributed by atoms with E-state index in [0.717, 1.165) is 6.92 Å². The zero-order valence-electron chi connectivity index (χ0n) is 15.4. The third kappa shape index (κ3) is 5.93. The zero-order valence-corrected chi connectivity index (χ0v) is 15.4. The fraction of sp³-hybridized carbons (Fsp3) is 0.800. The van der Waals surface area contributed by atoms with Gasteiger partial charge in [0.25, 0.3) is 0 Å². The maximum Gasteiger partial charge on any atom is 0.406 e. The maximum absolute atomic E-state index is 13.7. The summed E-state index contributed by atoms with van der Waals surface area (Å²) in [5.74, 6) is -38.7. The summed E-state index contributed by atoms with van der Waals surface area (Å²) in [6.07, 6.45) is -16.9. The van der Waals surface area contributed by atoms with Crippen molar-refractivity contribution in [2.75, 3.05) is 6.61 Å². The molecule has 1 unspecified atom stereocenters. The first kappa shape index (κ1) is 29.2. The Kier molecular flexibility index (Phi) is 8.14. The lowest BCUT2D eigenvalue weighted by Gasteiger charge is -2.41. The van der Waals surface area contributed by atoms with Gasteiger partial charge < -0.3 is 4.74 Å². The van der Waals surface area contributed by atoms with Gasteiger partial charge in [0.05, 0.1) is 6.61 Å². The van der Waals surface area contributed by atoms with E-state index < -0.39 is 66.9 Å². The van der Waals surface area contributed by atoms with Gasteiger partial charge in [0.1, 0.15) is 0 Å². The molecule has 0 aromatic heterocycles. The molecule has 0 aliphatic heterocycles. The molecule has 0 aromatic carbocycles. The Labute approximate surface area is 165 Å². The second kappa shape index (κ2) is 8.64. The molecule has 16 heteroatoms. The first-order valence-corrected chi connectivity index (χ1v) is 7.81. The molecule has 0 aromatic rings. The number of halogens is 14. The van der Waals surface area contributed by atoms with Crippen molar-refractivity contribution in [2.45, 2.75) is 56.3 Å². The van der Waals surface area contributed by atoms with Crippen LogP contribution in [0.15, 0.2) is 12.2 Å². The molecule has 1 atom stereocenters. The Hall–Kier alpha value is -1.77. The maximum atomic E-state index is 13.7. The van der Waals surface area contributed by atoms with E-state index in [2.05, 4.69) is 11.3 Å². The Morgan fingerprint density at radius 3 is 1.52 bits per heavy atom. The van der Waals surface area contributed by atoms with Gasteiger partial charge in [-0.2, -0.15) is 61.5 Å². The van der Waals surface area contributed by atoms with Crippen molar-refractivity contribution in [3.63, 3.8) is 0 Å². The SMILES string of the molecule is C=C(C)C(=O)OCC(C)CC(F)(F)C(F)(F)C(F)(F)C(F)(F)C(C(F)(F)F)C(F)(F)F. The van der Waals surface area contributed by atoms with Crippen molar-refractivity contribution < 1.29 is 71.0 Å². The normalized spacial score (nSPS) is 15.8. The number of carbonyl (C=O) groups excluding carboxylic acids is 1. The van der Waals surface area contributed by atoms with E-state index in [-0.39, 0.29) is 5.57 Å². The van der Waals surface area contributed by atoms with Crippen LogP contribution in [0.3, 0.4) is 0 Å². The monoisotopic (exact) mass is 492 g/mol. The highest BCUT2D eigenvalue weighted by atomic mass is 19.4. The Morgan fingerprint density at radius 2 is 1.19 bits per heavy atom. The van der Waals surface area contributed by atoms with Crippen molar-refractivity contribution in [2.24, 2.45) is 11.8 Å². The molecule has 0 fully saturated rings. The van der Waals surface area contributed by atoms with Crippen LogP contribution in [0.1, 0.15) is 20.3 Å². The number of ether oxygens (including phenoxy) is 1. The van der Waals surface area contributed by atoms with Crippen molar-refractivity contribution in [1.82, 2.24) is 0 Å². The number of carbonyl (C=O) groups is 1. The Morgan fingerprint density at radius 1 is 0.806 bits per heavy atom. The molecule has 0 saturated carbocycles. The van der Waals surface area contributed by atoms with E-state index >= 15 is 0 Å². The molecule has 0 amide bonds. The van der Waals surface area contributed by atoms with E-state index in [1.165, 1.54) is 0 Å². The van der Waals surface area contributed by atoms with Gasteiger partial charge in [-0.3, -0.25) is 0 Å². The molecule has 2 nitrogen and oxygen atoms in total. The van der Waals surface area contributed by atoms with E-state index in [0.29, 0.717) is 6.92 Å². The summed E-state index contributed by atoms with van der Waals surface area (Å²) in [6, 6.07) is 0. The zero-order chi connectivity index (χ0) is 25.4. The van der Waals surface area contributed by atoms with Crippen LogP contribution in [0, 0.1) is 11.8 Å². The number of hydrogen-bond donors (Lipinski definition) is 0. The lowest BCUT2D eigenvalue weighted by atomic mass is 9.86. The lowest BCUT2D eigenvalue weighted by Crippen LogP contribution is -2.68. The average Bonchev–Trinajstić information content (AvgIpc) is 2.47. The minimum atomic E-state index is -7.80. The fourth-order valence-electron chi connectivity index (χ4n) is 2.18. The lowest BCUT2D eigenvalue weighted by molar-refractivity contribution is -0.423. The minimum absolute atomic E-state index is 0.305. The van der Waals surface area contributed by atoms with Crippen LogP contribution in [0.4, 0.5) is 61.5 Å². The fourth-order valence-corrected chi connectivity index (χ4v) is 2.18. The topological polar surface area (TPSA) is 26.3 Å². The van der Waals surface area contributed by atoms with Crippen LogP contribution < -0.4 is 0 Å². The third-order valence-corrected chi connectivity index (χ3v) is 3.74. The first-order chi connectivity index (χ1) is 13.3. The number of alkyl halides is 14. The molecule has 0 saturated heterocycles. The van der Waals surface area contributed by atoms with Crippen molar-refractivity contribution in [3.05, 3.63) is 12.2 Å². The second-order valence-electron chi connectivity index (χ2n) is 6.68. The second-order valence-corrected chi connectivity index (χ2v) is 6.68. The Balaban J connectivity index is 6.02. The first-order valence-electron chi connectivity index (χ1n) is 7.81. The van der Waals surface area contributed by atoms with Gasteiger partial charge in [0.2, 0.25) is 5.92 Å². The largest absolute Gasteiger partial charge is 0.462 e. The third-order valence-electron chi connectivity index (χ3n) is 3.74. The van der Waals surface area contributed by atoms with Gasteiger partial charge >= 0.3 is 42.0 Å². The average molecular weight is 492 g/mol.